The molecule has 3 amide bonds. The molecule has 1 N–H and O–H groups in total. The molecule has 4 saturated heterocycles. The number of aromatic nitrogens is 3. The zero-order valence-corrected chi connectivity index (χ0v) is 25.5. The molecule has 7 heterocycles. The number of aromatic amines is 1. The summed E-state index contributed by atoms with van der Waals surface area (Å²) in [6.07, 6.45) is 5.83. The van der Waals surface area contributed by atoms with Crippen molar-refractivity contribution in [3.63, 3.8) is 0 Å². The van der Waals surface area contributed by atoms with Crippen LogP contribution in [0.3, 0.4) is 0 Å². The predicted molar refractivity (Wildman–Crippen MR) is 160 cm³/mol. The lowest BCUT2D eigenvalue weighted by atomic mass is 9.87. The number of morpholine rings is 2. The van der Waals surface area contributed by atoms with Crippen LogP contribution in [0.25, 0.3) is 22.4 Å². The van der Waals surface area contributed by atoms with E-state index < -0.39 is 5.60 Å². The first-order valence-corrected chi connectivity index (χ1v) is 15.4. The van der Waals surface area contributed by atoms with Crippen LogP contribution in [0.4, 0.5) is 9.59 Å². The number of benzene rings is 1. The smallest absolute Gasteiger partial charge is 0.410 e. The van der Waals surface area contributed by atoms with Gasteiger partial charge >= 0.3 is 12.1 Å². The van der Waals surface area contributed by atoms with Crippen molar-refractivity contribution in [1.29, 1.82) is 0 Å². The van der Waals surface area contributed by atoms with Gasteiger partial charge in [0.05, 0.1) is 54.9 Å². The molecular formula is C31H37ClN6O5. The van der Waals surface area contributed by atoms with E-state index in [1.165, 1.54) is 0 Å². The maximum atomic E-state index is 13.8. The first-order chi connectivity index (χ1) is 20.6. The van der Waals surface area contributed by atoms with Gasteiger partial charge in [-0.1, -0.05) is 11.6 Å². The molecule has 2 bridgehead atoms. The lowest BCUT2D eigenvalue weighted by molar-refractivity contribution is -0.0923. The molecule has 1 aromatic carbocycles. The summed E-state index contributed by atoms with van der Waals surface area (Å²) in [6, 6.07) is 4.00. The minimum absolute atomic E-state index is 0.0565. The van der Waals surface area contributed by atoms with Gasteiger partial charge in [-0.25, -0.2) is 19.6 Å². The van der Waals surface area contributed by atoms with Crippen LogP contribution in [0.5, 0.6) is 0 Å². The van der Waals surface area contributed by atoms with Gasteiger partial charge in [-0.15, -0.1) is 0 Å². The third-order valence-electron chi connectivity index (χ3n) is 8.83. The van der Waals surface area contributed by atoms with Crippen LogP contribution in [-0.4, -0.2) is 99.0 Å². The van der Waals surface area contributed by atoms with Gasteiger partial charge in [-0.05, 0) is 68.9 Å². The molecule has 2 aromatic heterocycles. The fourth-order valence-corrected chi connectivity index (χ4v) is 6.86. The Morgan fingerprint density at radius 3 is 2.74 bits per heavy atom. The Morgan fingerprint density at radius 2 is 2.00 bits per heavy atom. The zero-order chi connectivity index (χ0) is 29.9. The molecule has 5 aliphatic heterocycles. The first kappa shape index (κ1) is 28.4. The molecule has 0 saturated carbocycles. The average Bonchev–Trinajstić information content (AvgIpc) is 3.39. The van der Waals surface area contributed by atoms with E-state index in [-0.39, 0.29) is 30.3 Å². The number of carbonyl (C=O) groups is 2. The van der Waals surface area contributed by atoms with Crippen molar-refractivity contribution in [1.82, 2.24) is 29.7 Å². The molecule has 12 heteroatoms. The number of urea groups is 1. The van der Waals surface area contributed by atoms with E-state index in [9.17, 15) is 9.59 Å². The predicted octanol–water partition coefficient (Wildman–Crippen LogP) is 4.93. The summed E-state index contributed by atoms with van der Waals surface area (Å²) in [7, 11) is 0. The molecular weight excluding hydrogens is 572 g/mol. The van der Waals surface area contributed by atoms with Crippen molar-refractivity contribution in [2.45, 2.75) is 70.4 Å². The van der Waals surface area contributed by atoms with Crippen LogP contribution < -0.4 is 0 Å². The highest BCUT2D eigenvalue weighted by Gasteiger charge is 2.41. The first-order valence-electron chi connectivity index (χ1n) is 15.0. The standard InChI is InChI=1S/C31H37ClN6O5/c1-31(2,3)43-30(40)37-8-9-41-17-26(37)22-11-19(25-13-34-28-27(35-25)24(32)12-33-28)10-18-6-7-36(15-23(18)22)29(39)38-14-21-5-4-20(38)16-42-21/h10-13,20-21,26H,4-9,14-17H2,1-3H3,(H,33,34)/t20?,21?,26-/m0/s1. The molecule has 4 fully saturated rings. The second kappa shape index (κ2) is 10.9. The second-order valence-electron chi connectivity index (χ2n) is 12.8. The van der Waals surface area contributed by atoms with E-state index in [2.05, 4.69) is 22.1 Å². The number of hydrogen-bond donors (Lipinski definition) is 1. The van der Waals surface area contributed by atoms with E-state index in [1.807, 2.05) is 30.6 Å². The Labute approximate surface area is 255 Å². The van der Waals surface area contributed by atoms with Crippen LogP contribution >= 0.6 is 11.6 Å². The Kier molecular flexibility index (Phi) is 7.22. The Morgan fingerprint density at radius 1 is 1.14 bits per heavy atom. The number of nitrogens with zero attached hydrogens (tertiary/aromatic N) is 5. The third kappa shape index (κ3) is 5.42. The average molecular weight is 609 g/mol. The molecule has 8 rings (SSSR count). The van der Waals surface area contributed by atoms with Gasteiger partial charge in [0, 0.05) is 37.9 Å². The van der Waals surface area contributed by atoms with E-state index in [0.717, 1.165) is 35.1 Å². The highest BCUT2D eigenvalue weighted by Crippen LogP contribution is 2.38. The number of piperidine rings is 1. The number of rotatable bonds is 2. The van der Waals surface area contributed by atoms with Crippen LogP contribution in [-0.2, 0) is 27.2 Å². The summed E-state index contributed by atoms with van der Waals surface area (Å²) < 4.78 is 17.6. The van der Waals surface area contributed by atoms with Gasteiger partial charge in [-0.3, -0.25) is 4.90 Å². The largest absolute Gasteiger partial charge is 0.444 e. The van der Waals surface area contributed by atoms with Gasteiger partial charge in [0.2, 0.25) is 0 Å². The molecule has 0 aliphatic carbocycles. The van der Waals surface area contributed by atoms with Gasteiger partial charge in [-0.2, -0.15) is 0 Å². The molecule has 3 atom stereocenters. The van der Waals surface area contributed by atoms with Crippen molar-refractivity contribution in [2.75, 3.05) is 39.5 Å². The molecule has 11 nitrogen and oxygen atoms in total. The van der Waals surface area contributed by atoms with Crippen molar-refractivity contribution in [3.8, 4) is 11.3 Å². The number of hydrogen-bond acceptors (Lipinski definition) is 7. The maximum absolute atomic E-state index is 13.8. The monoisotopic (exact) mass is 608 g/mol. The van der Waals surface area contributed by atoms with Gasteiger partial charge in [0.1, 0.15) is 11.1 Å². The molecule has 228 valence electrons. The van der Waals surface area contributed by atoms with Gasteiger partial charge < -0.3 is 29.0 Å². The molecule has 3 aromatic rings. The fourth-order valence-electron chi connectivity index (χ4n) is 6.67. The highest BCUT2D eigenvalue weighted by atomic mass is 35.5. The van der Waals surface area contributed by atoms with E-state index in [4.69, 9.17) is 30.8 Å². The van der Waals surface area contributed by atoms with Crippen LogP contribution in [0, 0.1) is 0 Å². The van der Waals surface area contributed by atoms with E-state index in [0.29, 0.717) is 74.3 Å². The second-order valence-corrected chi connectivity index (χ2v) is 13.3. The third-order valence-corrected chi connectivity index (χ3v) is 9.11. The number of nitrogens with one attached hydrogen (secondary N) is 1. The molecule has 2 unspecified atom stereocenters. The highest BCUT2D eigenvalue weighted by molar-refractivity contribution is 6.34. The molecule has 0 spiro atoms. The summed E-state index contributed by atoms with van der Waals surface area (Å²) in [5, 5.41) is 0.505. The van der Waals surface area contributed by atoms with Crippen LogP contribution in [0.1, 0.15) is 56.3 Å². The topological polar surface area (TPSA) is 113 Å². The van der Waals surface area contributed by atoms with E-state index in [1.54, 1.807) is 17.3 Å². The van der Waals surface area contributed by atoms with Gasteiger partial charge in [0.25, 0.3) is 0 Å². The lowest BCUT2D eigenvalue weighted by Gasteiger charge is -2.47. The number of ether oxygens (including phenoxy) is 3. The number of amides is 3. The number of carbonyl (C=O) groups excluding carboxylic acids is 2. The quantitative estimate of drug-likeness (QED) is 0.439. The minimum Gasteiger partial charge on any atom is -0.444 e. The van der Waals surface area contributed by atoms with Crippen molar-refractivity contribution >= 4 is 34.9 Å². The summed E-state index contributed by atoms with van der Waals surface area (Å²) >= 11 is 6.38. The SMILES string of the molecule is CC(C)(C)OC(=O)N1CCOC[C@H]1c1cc(-c2cnc3[nH]cc(Cl)c3n2)cc2c1CN(C(=O)N1CC3CCC1CO3)CC2. The normalized spacial score (nSPS) is 23.9. The number of fused-ring (bicyclic) bond motifs is 5. The summed E-state index contributed by atoms with van der Waals surface area (Å²) in [5.74, 6) is 0. The summed E-state index contributed by atoms with van der Waals surface area (Å²) in [4.78, 5) is 45.4. The summed E-state index contributed by atoms with van der Waals surface area (Å²) in [5.41, 5.74) is 5.24. The van der Waals surface area contributed by atoms with Crippen LogP contribution in [0.2, 0.25) is 5.02 Å². The Balaban J connectivity index is 1.28. The number of halogens is 1. The summed E-state index contributed by atoms with van der Waals surface area (Å²) in [6.45, 7) is 9.06. The molecule has 5 aliphatic rings. The molecule has 43 heavy (non-hydrogen) atoms. The van der Waals surface area contributed by atoms with E-state index >= 15 is 0 Å². The lowest BCUT2D eigenvalue weighted by Crippen LogP contribution is -2.60. The zero-order valence-electron chi connectivity index (χ0n) is 24.8. The minimum atomic E-state index is -0.636. The van der Waals surface area contributed by atoms with Crippen molar-refractivity contribution in [2.24, 2.45) is 0 Å². The van der Waals surface area contributed by atoms with Crippen molar-refractivity contribution in [3.05, 3.63) is 46.2 Å². The van der Waals surface area contributed by atoms with Crippen LogP contribution in [0.15, 0.2) is 24.5 Å². The maximum Gasteiger partial charge on any atom is 0.410 e. The number of H-pyrrole nitrogens is 1. The molecule has 0 radical (unpaired) electrons. The van der Waals surface area contributed by atoms with Gasteiger partial charge in [0.15, 0.2) is 5.65 Å². The Bertz CT molecular complexity index is 1560. The Hall–Kier alpha value is -3.41. The fraction of sp³-hybridized carbons (Fsp3) is 0.548. The van der Waals surface area contributed by atoms with Crippen molar-refractivity contribution < 1.29 is 23.8 Å².